The predicted molar refractivity (Wildman–Crippen MR) is 75.9 cm³/mol. The van der Waals surface area contributed by atoms with Gasteiger partial charge in [-0.05, 0) is 35.4 Å². The van der Waals surface area contributed by atoms with Crippen LogP contribution in [0.25, 0.3) is 0 Å². The molecule has 1 atom stereocenters. The highest BCUT2D eigenvalue weighted by Gasteiger charge is 2.40. The van der Waals surface area contributed by atoms with Crippen LogP contribution in [0.5, 0.6) is 0 Å². The van der Waals surface area contributed by atoms with E-state index in [1.807, 2.05) is 0 Å². The van der Waals surface area contributed by atoms with Crippen molar-refractivity contribution in [1.82, 2.24) is 4.98 Å². The smallest absolute Gasteiger partial charge is 0.272 e. The number of pyridine rings is 1. The van der Waals surface area contributed by atoms with Crippen LogP contribution in [0.4, 0.5) is 18.9 Å². The summed E-state index contributed by atoms with van der Waals surface area (Å²) >= 11 is 11.7. The molecule has 1 aliphatic heterocycles. The van der Waals surface area contributed by atoms with Crippen molar-refractivity contribution in [3.63, 3.8) is 0 Å². The second-order valence-electron chi connectivity index (χ2n) is 4.74. The van der Waals surface area contributed by atoms with Gasteiger partial charge in [-0.15, -0.1) is 0 Å². The minimum Gasteiger partial charge on any atom is -0.272 e. The Morgan fingerprint density at radius 3 is 2.55 bits per heavy atom. The van der Waals surface area contributed by atoms with E-state index in [0.29, 0.717) is 15.5 Å². The SMILES string of the molecule is O=C1C(c2ccnc(Cl)c2)c2ccc(C(F)(F)F)cc2N1Cl. The lowest BCUT2D eigenvalue weighted by molar-refractivity contribution is -0.137. The summed E-state index contributed by atoms with van der Waals surface area (Å²) in [7, 11) is 0. The van der Waals surface area contributed by atoms with Crippen LogP contribution < -0.4 is 4.42 Å². The lowest BCUT2D eigenvalue weighted by atomic mass is 9.93. The minimum atomic E-state index is -4.51. The fourth-order valence-electron chi connectivity index (χ4n) is 2.42. The van der Waals surface area contributed by atoms with Gasteiger partial charge in [0.1, 0.15) is 5.15 Å². The van der Waals surface area contributed by atoms with Crippen LogP contribution in [0.2, 0.25) is 5.15 Å². The van der Waals surface area contributed by atoms with Crippen LogP contribution in [0.1, 0.15) is 22.6 Å². The number of nitrogens with zero attached hydrogens (tertiary/aromatic N) is 2. The summed E-state index contributed by atoms with van der Waals surface area (Å²) in [6.45, 7) is 0. The monoisotopic (exact) mass is 346 g/mol. The molecule has 2 heterocycles. The third-order valence-corrected chi connectivity index (χ3v) is 3.96. The Morgan fingerprint density at radius 2 is 1.91 bits per heavy atom. The van der Waals surface area contributed by atoms with Crippen LogP contribution in [-0.2, 0) is 11.0 Å². The number of carbonyl (C=O) groups is 1. The molecule has 0 bridgehead atoms. The number of fused-ring (bicyclic) bond motifs is 1. The molecule has 0 fully saturated rings. The molecule has 0 N–H and O–H groups in total. The Balaban J connectivity index is 2.13. The number of carbonyl (C=O) groups excluding carboxylic acids is 1. The first-order valence-corrected chi connectivity index (χ1v) is 6.83. The summed E-state index contributed by atoms with van der Waals surface area (Å²) in [5.74, 6) is -1.33. The highest BCUT2D eigenvalue weighted by Crippen LogP contribution is 2.44. The second-order valence-corrected chi connectivity index (χ2v) is 5.46. The van der Waals surface area contributed by atoms with Gasteiger partial charge in [-0.25, -0.2) is 9.40 Å². The van der Waals surface area contributed by atoms with Crippen LogP contribution in [-0.4, -0.2) is 10.9 Å². The lowest BCUT2D eigenvalue weighted by Gasteiger charge is -2.11. The summed E-state index contributed by atoms with van der Waals surface area (Å²) in [6, 6.07) is 6.12. The Morgan fingerprint density at radius 1 is 1.18 bits per heavy atom. The lowest BCUT2D eigenvalue weighted by Crippen LogP contribution is -2.19. The predicted octanol–water partition coefficient (Wildman–Crippen LogP) is 4.39. The Bertz CT molecular complexity index is 764. The van der Waals surface area contributed by atoms with Gasteiger partial charge in [0.15, 0.2) is 0 Å². The Hall–Kier alpha value is -1.79. The minimum absolute atomic E-state index is 0.0272. The molecule has 0 saturated carbocycles. The maximum atomic E-state index is 12.8. The van der Waals surface area contributed by atoms with Crippen molar-refractivity contribution in [1.29, 1.82) is 0 Å². The van der Waals surface area contributed by atoms with Gasteiger partial charge in [0.25, 0.3) is 5.91 Å². The molecule has 0 aliphatic carbocycles. The first kappa shape index (κ1) is 15.1. The van der Waals surface area contributed by atoms with Gasteiger partial charge in [-0.2, -0.15) is 13.2 Å². The number of aromatic nitrogens is 1. The molecule has 1 aromatic carbocycles. The van der Waals surface area contributed by atoms with Gasteiger partial charge in [0.05, 0.1) is 17.2 Å². The highest BCUT2D eigenvalue weighted by molar-refractivity contribution is 6.40. The fourth-order valence-corrected chi connectivity index (χ4v) is 2.84. The van der Waals surface area contributed by atoms with E-state index in [9.17, 15) is 18.0 Å². The summed E-state index contributed by atoms with van der Waals surface area (Å²) < 4.78 is 39.1. The van der Waals surface area contributed by atoms with E-state index >= 15 is 0 Å². The summed E-state index contributed by atoms with van der Waals surface area (Å²) in [6.07, 6.45) is -3.08. The highest BCUT2D eigenvalue weighted by atomic mass is 35.5. The number of amides is 1. The van der Waals surface area contributed by atoms with Crippen molar-refractivity contribution in [2.75, 3.05) is 4.42 Å². The molecule has 3 rings (SSSR count). The first-order chi connectivity index (χ1) is 10.3. The molecule has 1 aliphatic rings. The van der Waals surface area contributed by atoms with E-state index in [0.717, 1.165) is 12.1 Å². The van der Waals surface area contributed by atoms with Crippen LogP contribution in [0, 0.1) is 0 Å². The van der Waals surface area contributed by atoms with Gasteiger partial charge in [-0.3, -0.25) is 4.79 Å². The molecule has 0 radical (unpaired) electrons. The summed E-state index contributed by atoms with van der Waals surface area (Å²) in [5.41, 5.74) is 0.0852. The van der Waals surface area contributed by atoms with Gasteiger partial charge in [-0.1, -0.05) is 17.7 Å². The molecular formula is C14H7Cl2F3N2O. The number of rotatable bonds is 1. The van der Waals surface area contributed by atoms with Crippen molar-refractivity contribution in [3.05, 3.63) is 58.4 Å². The molecular weight excluding hydrogens is 340 g/mol. The number of benzene rings is 1. The number of hydrogen-bond acceptors (Lipinski definition) is 2. The van der Waals surface area contributed by atoms with E-state index in [1.54, 1.807) is 6.07 Å². The van der Waals surface area contributed by atoms with Crippen molar-refractivity contribution < 1.29 is 18.0 Å². The van der Waals surface area contributed by atoms with E-state index in [-0.39, 0.29) is 10.8 Å². The largest absolute Gasteiger partial charge is 0.416 e. The number of hydrogen-bond donors (Lipinski definition) is 0. The van der Waals surface area contributed by atoms with Crippen LogP contribution >= 0.6 is 23.4 Å². The van der Waals surface area contributed by atoms with E-state index in [4.69, 9.17) is 23.4 Å². The topological polar surface area (TPSA) is 33.2 Å². The van der Waals surface area contributed by atoms with Crippen molar-refractivity contribution in [2.24, 2.45) is 0 Å². The zero-order chi connectivity index (χ0) is 16.1. The third-order valence-electron chi connectivity index (χ3n) is 3.40. The molecule has 8 heteroatoms. The average Bonchev–Trinajstić information content (AvgIpc) is 2.70. The van der Waals surface area contributed by atoms with Crippen molar-refractivity contribution in [2.45, 2.75) is 12.1 Å². The average molecular weight is 347 g/mol. The van der Waals surface area contributed by atoms with E-state index in [1.165, 1.54) is 18.3 Å². The van der Waals surface area contributed by atoms with Gasteiger partial charge >= 0.3 is 6.18 Å². The normalized spacial score (nSPS) is 17.8. The van der Waals surface area contributed by atoms with Crippen LogP contribution in [0.15, 0.2) is 36.5 Å². The number of anilines is 1. The first-order valence-electron chi connectivity index (χ1n) is 6.11. The molecule has 1 aromatic heterocycles. The molecule has 0 spiro atoms. The third kappa shape index (κ3) is 2.42. The molecule has 0 saturated heterocycles. The zero-order valence-electron chi connectivity index (χ0n) is 10.7. The van der Waals surface area contributed by atoms with Gasteiger partial charge in [0.2, 0.25) is 0 Å². The maximum absolute atomic E-state index is 12.8. The maximum Gasteiger partial charge on any atom is 0.416 e. The molecule has 22 heavy (non-hydrogen) atoms. The standard InChI is InChI=1S/C14H7Cl2F3N2O/c15-11-5-7(3-4-20-11)12-9-2-1-8(14(17,18)19)6-10(9)21(16)13(12)22/h1-6,12H. The number of alkyl halides is 3. The summed E-state index contributed by atoms with van der Waals surface area (Å²) in [5, 5.41) is 0.187. The van der Waals surface area contributed by atoms with E-state index in [2.05, 4.69) is 4.98 Å². The molecule has 2 aromatic rings. The number of halogens is 5. The summed E-state index contributed by atoms with van der Waals surface area (Å²) in [4.78, 5) is 16.1. The van der Waals surface area contributed by atoms with Gasteiger partial charge < -0.3 is 0 Å². The Kier molecular flexibility index (Phi) is 3.53. The van der Waals surface area contributed by atoms with Crippen molar-refractivity contribution in [3.8, 4) is 0 Å². The van der Waals surface area contributed by atoms with Crippen LogP contribution in [0.3, 0.4) is 0 Å². The Labute approximate surface area is 133 Å². The van der Waals surface area contributed by atoms with E-state index < -0.39 is 23.6 Å². The molecule has 1 unspecified atom stereocenters. The van der Waals surface area contributed by atoms with Gasteiger partial charge in [0, 0.05) is 18.0 Å². The fraction of sp³-hybridized carbons (Fsp3) is 0.143. The van der Waals surface area contributed by atoms with Crippen molar-refractivity contribution >= 4 is 35.0 Å². The zero-order valence-corrected chi connectivity index (χ0v) is 12.2. The quantitative estimate of drug-likeness (QED) is 0.566. The molecule has 3 nitrogen and oxygen atoms in total. The molecule has 1 amide bonds. The second kappa shape index (κ2) is 5.14. The molecule has 114 valence electrons.